The Morgan fingerprint density at radius 2 is 1.93 bits per heavy atom. The highest BCUT2D eigenvalue weighted by atomic mass is 32.2. The van der Waals surface area contributed by atoms with Gasteiger partial charge in [0.2, 0.25) is 10.9 Å². The fourth-order valence-corrected chi connectivity index (χ4v) is 3.32. The van der Waals surface area contributed by atoms with Gasteiger partial charge >= 0.3 is 5.97 Å². The number of anilines is 1. The topological polar surface area (TPSA) is 142 Å². The van der Waals surface area contributed by atoms with Crippen molar-refractivity contribution >= 4 is 38.4 Å². The van der Waals surface area contributed by atoms with Crippen LogP contribution in [-0.4, -0.2) is 31.4 Å². The maximum atomic E-state index is 12.2. The van der Waals surface area contributed by atoms with E-state index in [0.29, 0.717) is 10.8 Å². The van der Waals surface area contributed by atoms with Gasteiger partial charge in [0.05, 0.1) is 5.69 Å². The summed E-state index contributed by atoms with van der Waals surface area (Å²) in [6, 6.07) is 11.6. The first-order valence-corrected chi connectivity index (χ1v) is 10.3. The van der Waals surface area contributed by atoms with Crippen molar-refractivity contribution in [3.8, 4) is 11.3 Å². The number of sulfonamides is 1. The van der Waals surface area contributed by atoms with Crippen LogP contribution in [0.15, 0.2) is 57.4 Å². The molecule has 0 saturated heterocycles. The standard InChI is InChI=1S/C17H15N3O6S2/c1-10(25-16(22)13-7-8-14(26-13)28(18,23)24)15(21)20-17-19-12(9-27-17)11-5-3-2-4-6-11/h2-10H,1H3,(H2,18,23,24)(H,19,20,21). The van der Waals surface area contributed by atoms with Crippen molar-refractivity contribution in [1.29, 1.82) is 0 Å². The summed E-state index contributed by atoms with van der Waals surface area (Å²) >= 11 is 1.23. The summed E-state index contributed by atoms with van der Waals surface area (Å²) in [5.74, 6) is -1.98. The Labute approximate surface area is 164 Å². The monoisotopic (exact) mass is 421 g/mol. The van der Waals surface area contributed by atoms with E-state index in [0.717, 1.165) is 17.7 Å². The number of aromatic nitrogens is 1. The fraction of sp³-hybridized carbons (Fsp3) is 0.118. The van der Waals surface area contributed by atoms with Crippen LogP contribution >= 0.6 is 11.3 Å². The minimum Gasteiger partial charge on any atom is -0.447 e. The van der Waals surface area contributed by atoms with Gasteiger partial charge in [-0.15, -0.1) is 11.3 Å². The van der Waals surface area contributed by atoms with Crippen LogP contribution in [0.2, 0.25) is 0 Å². The van der Waals surface area contributed by atoms with E-state index in [-0.39, 0.29) is 5.76 Å². The lowest BCUT2D eigenvalue weighted by molar-refractivity contribution is -0.123. The van der Waals surface area contributed by atoms with Gasteiger partial charge in [0.25, 0.3) is 15.9 Å². The smallest absolute Gasteiger partial charge is 0.375 e. The Balaban J connectivity index is 1.61. The molecule has 1 amide bonds. The Morgan fingerprint density at radius 1 is 1.21 bits per heavy atom. The number of nitrogens with one attached hydrogen (secondary N) is 1. The molecule has 9 nitrogen and oxygen atoms in total. The van der Waals surface area contributed by atoms with Crippen molar-refractivity contribution in [2.45, 2.75) is 18.1 Å². The lowest BCUT2D eigenvalue weighted by Crippen LogP contribution is -2.29. The number of carbonyl (C=O) groups is 2. The number of nitrogens with two attached hydrogens (primary N) is 1. The first-order chi connectivity index (χ1) is 13.2. The average molecular weight is 421 g/mol. The van der Waals surface area contributed by atoms with Crippen molar-refractivity contribution in [2.75, 3.05) is 5.32 Å². The number of primary sulfonamides is 1. The highest BCUT2D eigenvalue weighted by molar-refractivity contribution is 7.89. The lowest BCUT2D eigenvalue weighted by Gasteiger charge is -2.11. The maximum absolute atomic E-state index is 12.2. The second-order valence-electron chi connectivity index (χ2n) is 5.60. The van der Waals surface area contributed by atoms with Crippen LogP contribution in [0.5, 0.6) is 0 Å². The van der Waals surface area contributed by atoms with Gasteiger partial charge in [-0.2, -0.15) is 0 Å². The third-order valence-electron chi connectivity index (χ3n) is 3.52. The van der Waals surface area contributed by atoms with Crippen molar-refractivity contribution in [3.63, 3.8) is 0 Å². The molecule has 1 atom stereocenters. The zero-order chi connectivity index (χ0) is 20.3. The molecule has 146 valence electrons. The molecule has 2 heterocycles. The van der Waals surface area contributed by atoms with Gasteiger partial charge in [0.15, 0.2) is 11.2 Å². The molecular weight excluding hydrogens is 406 g/mol. The highest BCUT2D eigenvalue weighted by Gasteiger charge is 2.24. The molecular formula is C17H15N3O6S2. The minimum atomic E-state index is -4.08. The maximum Gasteiger partial charge on any atom is 0.375 e. The normalized spacial score (nSPS) is 12.4. The Kier molecular flexibility index (Phi) is 5.58. The number of nitrogens with zero attached hydrogens (tertiary/aromatic N) is 1. The van der Waals surface area contributed by atoms with Crippen molar-refractivity contribution in [2.24, 2.45) is 5.14 Å². The molecule has 0 radical (unpaired) electrons. The summed E-state index contributed by atoms with van der Waals surface area (Å²) in [6.45, 7) is 1.36. The van der Waals surface area contributed by atoms with E-state index in [9.17, 15) is 18.0 Å². The van der Waals surface area contributed by atoms with E-state index < -0.39 is 33.1 Å². The predicted molar refractivity (Wildman–Crippen MR) is 101 cm³/mol. The molecule has 2 aromatic heterocycles. The SMILES string of the molecule is CC(OC(=O)c1ccc(S(N)(=O)=O)o1)C(=O)Nc1nc(-c2ccccc2)cs1. The van der Waals surface area contributed by atoms with Gasteiger partial charge in [-0.3, -0.25) is 10.1 Å². The van der Waals surface area contributed by atoms with Crippen LogP contribution in [-0.2, 0) is 19.6 Å². The molecule has 3 N–H and O–H groups in total. The third kappa shape index (κ3) is 4.63. The molecule has 0 aliphatic carbocycles. The number of thiazole rings is 1. The van der Waals surface area contributed by atoms with E-state index in [1.165, 1.54) is 18.3 Å². The Morgan fingerprint density at radius 3 is 2.57 bits per heavy atom. The molecule has 0 bridgehead atoms. The molecule has 3 aromatic rings. The Hall–Kier alpha value is -3.02. The van der Waals surface area contributed by atoms with Crippen LogP contribution < -0.4 is 10.5 Å². The molecule has 0 spiro atoms. The number of benzene rings is 1. The van der Waals surface area contributed by atoms with Crippen molar-refractivity contribution < 1.29 is 27.2 Å². The van der Waals surface area contributed by atoms with Gasteiger partial charge in [-0.05, 0) is 19.1 Å². The number of esters is 1. The lowest BCUT2D eigenvalue weighted by atomic mass is 10.2. The van der Waals surface area contributed by atoms with E-state index in [1.54, 1.807) is 5.38 Å². The number of carbonyl (C=O) groups excluding carboxylic acids is 2. The number of hydrogen-bond donors (Lipinski definition) is 2. The molecule has 0 aliphatic heterocycles. The number of hydrogen-bond acceptors (Lipinski definition) is 8. The Bertz CT molecular complexity index is 1100. The van der Waals surface area contributed by atoms with Gasteiger partial charge in [-0.1, -0.05) is 30.3 Å². The van der Waals surface area contributed by atoms with Gasteiger partial charge < -0.3 is 9.15 Å². The number of furan rings is 1. The first kappa shape index (κ1) is 19.7. The van der Waals surface area contributed by atoms with Crippen LogP contribution in [0.25, 0.3) is 11.3 Å². The summed E-state index contributed by atoms with van der Waals surface area (Å²) < 4.78 is 32.2. The summed E-state index contributed by atoms with van der Waals surface area (Å²) in [6.07, 6.45) is -1.17. The van der Waals surface area contributed by atoms with Crippen LogP contribution in [0.1, 0.15) is 17.5 Å². The van der Waals surface area contributed by atoms with Gasteiger partial charge in [-0.25, -0.2) is 23.3 Å². The van der Waals surface area contributed by atoms with Crippen LogP contribution in [0, 0.1) is 0 Å². The fourth-order valence-electron chi connectivity index (χ4n) is 2.13. The molecule has 0 saturated carbocycles. The number of rotatable bonds is 6. The first-order valence-electron chi connectivity index (χ1n) is 7.89. The van der Waals surface area contributed by atoms with E-state index in [4.69, 9.17) is 14.3 Å². The summed E-state index contributed by atoms with van der Waals surface area (Å²) in [7, 11) is -4.08. The zero-order valence-corrected chi connectivity index (χ0v) is 16.1. The second kappa shape index (κ2) is 7.92. The van der Waals surface area contributed by atoms with Crippen molar-refractivity contribution in [3.05, 3.63) is 53.6 Å². The minimum absolute atomic E-state index is 0.348. The summed E-state index contributed by atoms with van der Waals surface area (Å²) in [5.41, 5.74) is 1.61. The summed E-state index contributed by atoms with van der Waals surface area (Å²) in [4.78, 5) is 28.5. The van der Waals surface area contributed by atoms with E-state index >= 15 is 0 Å². The van der Waals surface area contributed by atoms with E-state index in [2.05, 4.69) is 10.3 Å². The quantitative estimate of drug-likeness (QED) is 0.581. The zero-order valence-electron chi connectivity index (χ0n) is 14.5. The van der Waals surface area contributed by atoms with Gasteiger partial charge in [0.1, 0.15) is 0 Å². The number of amides is 1. The molecule has 1 aromatic carbocycles. The molecule has 0 aliphatic rings. The summed E-state index contributed by atoms with van der Waals surface area (Å²) in [5, 5.41) is 9.03. The predicted octanol–water partition coefficient (Wildman–Crippen LogP) is 2.23. The molecule has 1 unspecified atom stereocenters. The molecule has 3 rings (SSSR count). The largest absolute Gasteiger partial charge is 0.447 e. The number of ether oxygens (including phenoxy) is 1. The van der Waals surface area contributed by atoms with Gasteiger partial charge in [0, 0.05) is 10.9 Å². The van der Waals surface area contributed by atoms with E-state index in [1.807, 2.05) is 30.3 Å². The molecule has 0 fully saturated rings. The second-order valence-corrected chi connectivity index (χ2v) is 7.95. The highest BCUT2D eigenvalue weighted by Crippen LogP contribution is 2.24. The van der Waals surface area contributed by atoms with Crippen LogP contribution in [0.3, 0.4) is 0 Å². The van der Waals surface area contributed by atoms with Crippen LogP contribution in [0.4, 0.5) is 5.13 Å². The third-order valence-corrected chi connectivity index (χ3v) is 5.06. The average Bonchev–Trinajstić information content (AvgIpc) is 3.32. The van der Waals surface area contributed by atoms with Crippen molar-refractivity contribution in [1.82, 2.24) is 4.98 Å². The molecule has 28 heavy (non-hydrogen) atoms. The molecule has 11 heteroatoms.